The number of rotatable bonds is 1. The first-order chi connectivity index (χ1) is 4.72. The van der Waals surface area contributed by atoms with Crippen LogP contribution in [0.2, 0.25) is 0 Å². The Balaban J connectivity index is 0. The number of methoxy groups -OCH3 is 1. The molecule has 0 atom stereocenters. The van der Waals surface area contributed by atoms with Crippen molar-refractivity contribution in [3.05, 3.63) is 0 Å². The molecule has 0 radical (unpaired) electrons. The van der Waals surface area contributed by atoms with Crippen molar-refractivity contribution in [3.63, 3.8) is 0 Å². The maximum Gasteiger partial charge on any atom is 0.351 e. The molecule has 0 saturated heterocycles. The van der Waals surface area contributed by atoms with Crippen molar-refractivity contribution in [3.8, 4) is 0 Å². The zero-order chi connectivity index (χ0) is 8.57. The summed E-state index contributed by atoms with van der Waals surface area (Å²) in [5.41, 5.74) is 0.396. The predicted octanol–water partition coefficient (Wildman–Crippen LogP) is 1.28. The van der Waals surface area contributed by atoms with E-state index in [0.29, 0.717) is 5.71 Å². The Kier molecular flexibility index (Phi) is 9.67. The molecule has 0 rings (SSSR count). The van der Waals surface area contributed by atoms with Gasteiger partial charge in [-0.05, 0) is 6.92 Å². The molecule has 0 aromatic carbocycles. The zero-order valence-electron chi connectivity index (χ0n) is 7.26. The summed E-state index contributed by atoms with van der Waals surface area (Å²) in [6, 6.07) is 0. The van der Waals surface area contributed by atoms with E-state index in [2.05, 4.69) is 9.73 Å². The lowest BCUT2D eigenvalue weighted by Gasteiger charge is -1.92. The monoisotopic (exact) mass is 145 g/mol. The van der Waals surface area contributed by atoms with Crippen LogP contribution in [0.15, 0.2) is 4.99 Å². The molecule has 0 N–H and O–H groups in total. The van der Waals surface area contributed by atoms with Crippen LogP contribution in [0.1, 0.15) is 20.8 Å². The van der Waals surface area contributed by atoms with E-state index < -0.39 is 0 Å². The highest BCUT2D eigenvalue weighted by atomic mass is 16.5. The van der Waals surface area contributed by atoms with E-state index in [4.69, 9.17) is 0 Å². The minimum Gasteiger partial charge on any atom is -0.465 e. The van der Waals surface area contributed by atoms with Crippen molar-refractivity contribution in [1.29, 1.82) is 0 Å². The molecule has 60 valence electrons. The summed E-state index contributed by atoms with van der Waals surface area (Å²) in [5, 5.41) is 0. The fraction of sp³-hybridized carbons (Fsp3) is 0.714. The van der Waals surface area contributed by atoms with Crippen LogP contribution < -0.4 is 0 Å². The molecule has 0 aliphatic heterocycles. The second-order valence-electron chi connectivity index (χ2n) is 1.30. The third kappa shape index (κ3) is 5.28. The normalized spacial score (nSPS) is 9.50. The molecule has 3 nitrogen and oxygen atoms in total. The Labute approximate surface area is 62.1 Å². The molecule has 0 fully saturated rings. The Morgan fingerprint density at radius 2 is 1.80 bits per heavy atom. The van der Waals surface area contributed by atoms with E-state index in [9.17, 15) is 4.79 Å². The second-order valence-corrected chi connectivity index (χ2v) is 1.30. The molecular formula is C7H15NO2. The first-order valence-corrected chi connectivity index (χ1v) is 3.24. The zero-order valence-corrected chi connectivity index (χ0v) is 7.26. The summed E-state index contributed by atoms with van der Waals surface area (Å²) in [4.78, 5) is 14.0. The Bertz CT molecular complexity index is 119. The number of hydrogen-bond donors (Lipinski definition) is 0. The summed E-state index contributed by atoms with van der Waals surface area (Å²) < 4.78 is 4.33. The molecule has 0 unspecified atom stereocenters. The first kappa shape index (κ1) is 11.9. The van der Waals surface area contributed by atoms with Crippen LogP contribution in [0.4, 0.5) is 0 Å². The van der Waals surface area contributed by atoms with E-state index >= 15 is 0 Å². The molecule has 0 spiro atoms. The van der Waals surface area contributed by atoms with E-state index in [-0.39, 0.29) is 5.97 Å². The van der Waals surface area contributed by atoms with Crippen molar-refractivity contribution in [2.24, 2.45) is 4.99 Å². The molecule has 3 heteroatoms. The number of carbonyl (C=O) groups excluding carboxylic acids is 1. The summed E-state index contributed by atoms with van der Waals surface area (Å²) >= 11 is 0. The Morgan fingerprint density at radius 3 is 1.90 bits per heavy atom. The van der Waals surface area contributed by atoms with Crippen LogP contribution in [-0.2, 0) is 9.53 Å². The fourth-order valence-corrected chi connectivity index (χ4v) is 0.239. The largest absolute Gasteiger partial charge is 0.465 e. The number of aliphatic imine (C=N–C) groups is 1. The van der Waals surface area contributed by atoms with Crippen LogP contribution in [0.25, 0.3) is 0 Å². The minimum absolute atomic E-state index is 0.368. The molecule has 0 bridgehead atoms. The van der Waals surface area contributed by atoms with Crippen LogP contribution >= 0.6 is 0 Å². The van der Waals surface area contributed by atoms with Gasteiger partial charge in [0.1, 0.15) is 5.71 Å². The van der Waals surface area contributed by atoms with E-state index in [1.165, 1.54) is 7.11 Å². The molecule has 0 saturated carbocycles. The van der Waals surface area contributed by atoms with Gasteiger partial charge in [0, 0.05) is 7.05 Å². The van der Waals surface area contributed by atoms with Gasteiger partial charge in [-0.25, -0.2) is 4.79 Å². The predicted molar refractivity (Wildman–Crippen MR) is 42.4 cm³/mol. The number of nitrogens with zero attached hydrogens (tertiary/aromatic N) is 1. The quantitative estimate of drug-likeness (QED) is 0.412. The van der Waals surface area contributed by atoms with Gasteiger partial charge in [-0.3, -0.25) is 4.99 Å². The highest BCUT2D eigenvalue weighted by Gasteiger charge is 2.00. The molecule has 0 aromatic heterocycles. The fourth-order valence-electron chi connectivity index (χ4n) is 0.239. The lowest BCUT2D eigenvalue weighted by Crippen LogP contribution is -2.10. The van der Waals surface area contributed by atoms with E-state index in [1.54, 1.807) is 14.0 Å². The summed E-state index contributed by atoms with van der Waals surface area (Å²) in [6.45, 7) is 5.60. The van der Waals surface area contributed by atoms with Gasteiger partial charge in [-0.2, -0.15) is 0 Å². The van der Waals surface area contributed by atoms with Crippen LogP contribution in [-0.4, -0.2) is 25.8 Å². The molecular weight excluding hydrogens is 130 g/mol. The second kappa shape index (κ2) is 8.14. The number of ether oxygens (including phenoxy) is 1. The highest BCUT2D eigenvalue weighted by molar-refractivity contribution is 6.35. The summed E-state index contributed by atoms with van der Waals surface area (Å²) in [5.74, 6) is -0.368. The van der Waals surface area contributed by atoms with Crippen molar-refractivity contribution >= 4 is 11.7 Å². The maximum absolute atomic E-state index is 10.4. The van der Waals surface area contributed by atoms with Gasteiger partial charge in [0.15, 0.2) is 0 Å². The van der Waals surface area contributed by atoms with Gasteiger partial charge in [-0.15, -0.1) is 0 Å². The van der Waals surface area contributed by atoms with Gasteiger partial charge >= 0.3 is 5.97 Å². The van der Waals surface area contributed by atoms with Crippen LogP contribution in [0.5, 0.6) is 0 Å². The Hall–Kier alpha value is -0.860. The molecule has 0 aliphatic rings. The standard InChI is InChI=1S/C5H9NO2.C2H6/c1-4(6-2)5(7)8-3;1-2/h1-3H3;1-2H3. The van der Waals surface area contributed by atoms with Gasteiger partial charge in [0.2, 0.25) is 0 Å². The van der Waals surface area contributed by atoms with Crippen molar-refractivity contribution in [1.82, 2.24) is 0 Å². The van der Waals surface area contributed by atoms with Crippen LogP contribution in [0.3, 0.4) is 0 Å². The topological polar surface area (TPSA) is 38.7 Å². The van der Waals surface area contributed by atoms with Crippen molar-refractivity contribution in [2.75, 3.05) is 14.2 Å². The maximum atomic E-state index is 10.4. The number of carbonyl (C=O) groups is 1. The smallest absolute Gasteiger partial charge is 0.351 e. The number of esters is 1. The third-order valence-electron chi connectivity index (χ3n) is 0.816. The Morgan fingerprint density at radius 1 is 1.40 bits per heavy atom. The average molecular weight is 145 g/mol. The van der Waals surface area contributed by atoms with E-state index in [1.807, 2.05) is 13.8 Å². The minimum atomic E-state index is -0.368. The van der Waals surface area contributed by atoms with Crippen molar-refractivity contribution < 1.29 is 9.53 Å². The molecule has 0 heterocycles. The molecule has 0 amide bonds. The van der Waals surface area contributed by atoms with Gasteiger partial charge < -0.3 is 4.74 Å². The highest BCUT2D eigenvalue weighted by Crippen LogP contribution is 1.77. The molecule has 10 heavy (non-hydrogen) atoms. The lowest BCUT2D eigenvalue weighted by atomic mass is 10.4. The summed E-state index contributed by atoms with van der Waals surface area (Å²) in [6.07, 6.45) is 0. The lowest BCUT2D eigenvalue weighted by molar-refractivity contribution is -0.132. The SMILES string of the molecule is CC.CN=C(C)C(=O)OC. The van der Waals surface area contributed by atoms with Crippen LogP contribution in [0, 0.1) is 0 Å². The van der Waals surface area contributed by atoms with Crippen molar-refractivity contribution in [2.45, 2.75) is 20.8 Å². The average Bonchev–Trinajstić information content (AvgIpc) is 2.05. The van der Waals surface area contributed by atoms with Gasteiger partial charge in [0.25, 0.3) is 0 Å². The summed E-state index contributed by atoms with van der Waals surface area (Å²) in [7, 11) is 2.88. The molecule has 0 aliphatic carbocycles. The number of hydrogen-bond acceptors (Lipinski definition) is 3. The van der Waals surface area contributed by atoms with Gasteiger partial charge in [-0.1, -0.05) is 13.8 Å². The molecule has 0 aromatic rings. The van der Waals surface area contributed by atoms with E-state index in [0.717, 1.165) is 0 Å². The first-order valence-electron chi connectivity index (χ1n) is 3.24. The third-order valence-corrected chi connectivity index (χ3v) is 0.816. The van der Waals surface area contributed by atoms with Gasteiger partial charge in [0.05, 0.1) is 7.11 Å².